The molecule has 0 aromatic heterocycles. The maximum atomic E-state index is 14.3. The summed E-state index contributed by atoms with van der Waals surface area (Å²) in [7, 11) is -3.49. The van der Waals surface area contributed by atoms with Gasteiger partial charge in [-0.2, -0.15) is 17.0 Å². The zero-order valence-corrected chi connectivity index (χ0v) is 14.2. The van der Waals surface area contributed by atoms with Gasteiger partial charge in [-0.3, -0.25) is 0 Å². The van der Waals surface area contributed by atoms with Gasteiger partial charge in [-0.15, -0.1) is 0 Å². The summed E-state index contributed by atoms with van der Waals surface area (Å²) in [5.74, 6) is -0.440. The lowest BCUT2D eigenvalue weighted by atomic mass is 10.1. The molecule has 24 heavy (non-hydrogen) atoms. The van der Waals surface area contributed by atoms with Crippen molar-refractivity contribution >= 4 is 15.9 Å². The molecule has 0 unspecified atom stereocenters. The van der Waals surface area contributed by atoms with Gasteiger partial charge < -0.3 is 14.7 Å². The zero-order chi connectivity index (χ0) is 17.2. The third-order valence-electron chi connectivity index (χ3n) is 4.43. The number of aliphatic hydroxyl groups excluding tert-OH is 1. The molecule has 2 aliphatic rings. The van der Waals surface area contributed by atoms with Gasteiger partial charge in [0.2, 0.25) is 0 Å². The largest absolute Gasteiger partial charge is 0.392 e. The number of benzene rings is 1. The van der Waals surface area contributed by atoms with E-state index in [1.165, 1.54) is 14.7 Å². The topological polar surface area (TPSA) is 73.3 Å². The van der Waals surface area contributed by atoms with Crippen LogP contribution in [0.1, 0.15) is 5.56 Å². The lowest BCUT2D eigenvalue weighted by Crippen LogP contribution is -2.55. The standard InChI is InChI=1S/C15H22FN3O4S/c16-15-13(12-20)2-1-3-14(15)17-4-6-18(7-5-17)24(21,22)19-8-10-23-11-9-19/h1-3,20H,4-12H2. The number of nitrogens with zero attached hydrogens (tertiary/aromatic N) is 3. The minimum atomic E-state index is -3.49. The van der Waals surface area contributed by atoms with Crippen molar-refractivity contribution in [2.75, 3.05) is 57.4 Å². The van der Waals surface area contributed by atoms with Crippen molar-refractivity contribution in [1.29, 1.82) is 0 Å². The van der Waals surface area contributed by atoms with Gasteiger partial charge in [-0.05, 0) is 6.07 Å². The van der Waals surface area contributed by atoms with Crippen LogP contribution in [0, 0.1) is 5.82 Å². The van der Waals surface area contributed by atoms with E-state index < -0.39 is 16.0 Å². The summed E-state index contributed by atoms with van der Waals surface area (Å²) in [4.78, 5) is 1.82. The Balaban J connectivity index is 1.67. The van der Waals surface area contributed by atoms with Gasteiger partial charge in [-0.25, -0.2) is 4.39 Å². The molecule has 0 amide bonds. The van der Waals surface area contributed by atoms with Gasteiger partial charge in [0.05, 0.1) is 25.5 Å². The first-order chi connectivity index (χ1) is 11.5. The van der Waals surface area contributed by atoms with Crippen LogP contribution in [0.2, 0.25) is 0 Å². The van der Waals surface area contributed by atoms with Crippen LogP contribution in [-0.2, 0) is 21.6 Å². The van der Waals surface area contributed by atoms with Crippen molar-refractivity contribution < 1.29 is 22.7 Å². The van der Waals surface area contributed by atoms with Crippen LogP contribution in [-0.4, -0.2) is 74.6 Å². The molecule has 9 heteroatoms. The molecular weight excluding hydrogens is 337 g/mol. The number of morpholine rings is 1. The summed E-state index contributed by atoms with van der Waals surface area (Å²) in [6.45, 7) is 2.66. The highest BCUT2D eigenvalue weighted by molar-refractivity contribution is 7.86. The highest BCUT2D eigenvalue weighted by Gasteiger charge is 2.33. The molecule has 134 valence electrons. The molecule has 0 radical (unpaired) electrons. The van der Waals surface area contributed by atoms with E-state index in [1.54, 1.807) is 12.1 Å². The van der Waals surface area contributed by atoms with Crippen LogP contribution in [0.4, 0.5) is 10.1 Å². The summed E-state index contributed by atoms with van der Waals surface area (Å²) < 4.78 is 47.7. The van der Waals surface area contributed by atoms with Gasteiger partial charge in [-0.1, -0.05) is 12.1 Å². The Labute approximate surface area is 141 Å². The third kappa shape index (κ3) is 3.40. The van der Waals surface area contributed by atoms with Crippen molar-refractivity contribution in [2.24, 2.45) is 0 Å². The van der Waals surface area contributed by atoms with E-state index in [0.717, 1.165) is 0 Å². The fourth-order valence-electron chi connectivity index (χ4n) is 3.03. The molecule has 1 N–H and O–H groups in total. The predicted octanol–water partition coefficient (Wildman–Crippen LogP) is 0.0170. The molecule has 0 bridgehead atoms. The van der Waals surface area contributed by atoms with Crippen LogP contribution < -0.4 is 4.90 Å². The van der Waals surface area contributed by atoms with Crippen molar-refractivity contribution in [1.82, 2.24) is 8.61 Å². The molecule has 2 aliphatic heterocycles. The van der Waals surface area contributed by atoms with E-state index in [-0.39, 0.29) is 12.2 Å². The van der Waals surface area contributed by atoms with E-state index in [9.17, 15) is 17.9 Å². The summed E-state index contributed by atoms with van der Waals surface area (Å²) in [6, 6.07) is 4.89. The Morgan fingerprint density at radius 2 is 1.67 bits per heavy atom. The number of piperazine rings is 1. The summed E-state index contributed by atoms with van der Waals surface area (Å²) in [5, 5.41) is 9.17. The molecule has 7 nitrogen and oxygen atoms in total. The Morgan fingerprint density at radius 1 is 1.04 bits per heavy atom. The highest BCUT2D eigenvalue weighted by Crippen LogP contribution is 2.24. The second-order valence-corrected chi connectivity index (χ2v) is 7.74. The molecule has 1 aromatic carbocycles. The first kappa shape index (κ1) is 17.6. The number of anilines is 1. The molecule has 0 atom stereocenters. The van der Waals surface area contributed by atoms with Gasteiger partial charge in [0, 0.05) is 44.8 Å². The summed E-state index contributed by atoms with van der Waals surface area (Å²) in [6.07, 6.45) is 0. The number of hydrogen-bond acceptors (Lipinski definition) is 5. The fraction of sp³-hybridized carbons (Fsp3) is 0.600. The van der Waals surface area contributed by atoms with Crippen LogP contribution in [0.15, 0.2) is 18.2 Å². The number of ether oxygens (including phenoxy) is 1. The van der Waals surface area contributed by atoms with Crippen LogP contribution in [0.3, 0.4) is 0 Å². The molecule has 2 heterocycles. The highest BCUT2D eigenvalue weighted by atomic mass is 32.2. The zero-order valence-electron chi connectivity index (χ0n) is 13.4. The second kappa shape index (κ2) is 7.32. The van der Waals surface area contributed by atoms with E-state index in [2.05, 4.69) is 0 Å². The van der Waals surface area contributed by atoms with E-state index in [0.29, 0.717) is 58.2 Å². The van der Waals surface area contributed by atoms with Crippen molar-refractivity contribution in [3.8, 4) is 0 Å². The average Bonchev–Trinajstić information content (AvgIpc) is 2.63. The van der Waals surface area contributed by atoms with E-state index in [1.807, 2.05) is 4.90 Å². The molecule has 1 aromatic rings. The van der Waals surface area contributed by atoms with Gasteiger partial charge in [0.1, 0.15) is 0 Å². The maximum Gasteiger partial charge on any atom is 0.282 e. The monoisotopic (exact) mass is 359 g/mol. The summed E-state index contributed by atoms with van der Waals surface area (Å²) in [5.41, 5.74) is 0.654. The Kier molecular flexibility index (Phi) is 5.36. The maximum absolute atomic E-state index is 14.3. The normalized spacial score (nSPS) is 21.2. The van der Waals surface area contributed by atoms with Gasteiger partial charge >= 0.3 is 0 Å². The number of halogens is 1. The minimum Gasteiger partial charge on any atom is -0.392 e. The number of aliphatic hydroxyl groups is 1. The molecule has 2 fully saturated rings. The Hall–Kier alpha value is -1.26. The smallest absolute Gasteiger partial charge is 0.282 e. The number of rotatable bonds is 4. The summed E-state index contributed by atoms with van der Waals surface area (Å²) >= 11 is 0. The average molecular weight is 359 g/mol. The van der Waals surface area contributed by atoms with Crippen LogP contribution in [0.25, 0.3) is 0 Å². The molecule has 3 rings (SSSR count). The first-order valence-corrected chi connectivity index (χ1v) is 9.40. The second-order valence-electron chi connectivity index (χ2n) is 5.81. The number of hydrogen-bond donors (Lipinski definition) is 1. The molecule has 0 aliphatic carbocycles. The SMILES string of the molecule is O=S(=O)(N1CCOCC1)N1CCN(c2cccc(CO)c2F)CC1. The minimum absolute atomic E-state index is 0.246. The van der Waals surface area contributed by atoms with Crippen LogP contribution >= 0.6 is 0 Å². The Bertz CT molecular complexity index is 671. The van der Waals surface area contributed by atoms with E-state index in [4.69, 9.17) is 4.74 Å². The first-order valence-electron chi connectivity index (χ1n) is 8.00. The van der Waals surface area contributed by atoms with E-state index >= 15 is 0 Å². The fourth-order valence-corrected chi connectivity index (χ4v) is 4.59. The van der Waals surface area contributed by atoms with Crippen LogP contribution in [0.5, 0.6) is 0 Å². The lowest BCUT2D eigenvalue weighted by molar-refractivity contribution is 0.0700. The van der Waals surface area contributed by atoms with Crippen molar-refractivity contribution in [2.45, 2.75) is 6.61 Å². The van der Waals surface area contributed by atoms with Gasteiger partial charge in [0.15, 0.2) is 5.82 Å². The predicted molar refractivity (Wildman–Crippen MR) is 87.4 cm³/mol. The molecule has 0 saturated carbocycles. The molecular formula is C15H22FN3O4S. The Morgan fingerprint density at radius 3 is 2.29 bits per heavy atom. The quantitative estimate of drug-likeness (QED) is 0.820. The molecule has 0 spiro atoms. The molecule has 2 saturated heterocycles. The lowest BCUT2D eigenvalue weighted by Gasteiger charge is -2.38. The third-order valence-corrected chi connectivity index (χ3v) is 6.47. The van der Waals surface area contributed by atoms with Gasteiger partial charge in [0.25, 0.3) is 10.2 Å². The van der Waals surface area contributed by atoms with Crippen molar-refractivity contribution in [3.05, 3.63) is 29.6 Å². The van der Waals surface area contributed by atoms with Crippen molar-refractivity contribution in [3.63, 3.8) is 0 Å².